The third kappa shape index (κ3) is 0.295. The van der Waals surface area contributed by atoms with E-state index in [1.165, 1.54) is 0 Å². The van der Waals surface area contributed by atoms with Gasteiger partial charge in [-0.05, 0) is 6.92 Å². The number of aliphatic imine (C=N–C) groups is 1. The molecule has 0 aromatic rings. The second-order valence-electron chi connectivity index (χ2n) is 1.54. The zero-order valence-electron chi connectivity index (χ0n) is 4.10. The molecule has 0 saturated heterocycles. The fourth-order valence-electron chi connectivity index (χ4n) is 0.354. The van der Waals surface area contributed by atoms with Gasteiger partial charge in [-0.3, -0.25) is 4.99 Å². The number of nitrogens with zero attached hydrogens (tertiary/aromatic N) is 2. The van der Waals surface area contributed by atoms with Crippen molar-refractivity contribution in [3.05, 3.63) is 0 Å². The predicted octanol–water partition coefficient (Wildman–Crippen LogP) is 0.308. The summed E-state index contributed by atoms with van der Waals surface area (Å²) in [6.45, 7) is 2.90. The van der Waals surface area contributed by atoms with Crippen LogP contribution in [0.5, 0.6) is 0 Å². The van der Waals surface area contributed by atoms with E-state index in [2.05, 4.69) is 9.89 Å². The Morgan fingerprint density at radius 3 is 2.33 bits per heavy atom. The maximum atomic E-state index is 3.99. The molecule has 34 valence electrons. The molecule has 0 radical (unpaired) electrons. The molecule has 0 aliphatic carbocycles. The van der Waals surface area contributed by atoms with Gasteiger partial charge in [-0.25, -0.2) is 0 Å². The van der Waals surface area contributed by atoms with Crippen molar-refractivity contribution in [1.29, 1.82) is 0 Å². The molecule has 6 heavy (non-hydrogen) atoms. The molecule has 0 unspecified atom stereocenters. The first-order valence-corrected chi connectivity index (χ1v) is 2.03. The van der Waals surface area contributed by atoms with Gasteiger partial charge >= 0.3 is 0 Å². The summed E-state index contributed by atoms with van der Waals surface area (Å²) in [5, 5.41) is 0. The molecular weight excluding hydrogens is 76.1 g/mol. The second-order valence-corrected chi connectivity index (χ2v) is 1.54. The summed E-state index contributed by atoms with van der Waals surface area (Å²) in [5.41, 5.74) is 0. The molecule has 0 saturated carbocycles. The van der Waals surface area contributed by atoms with Crippen LogP contribution in [0.15, 0.2) is 4.99 Å². The van der Waals surface area contributed by atoms with Gasteiger partial charge in [0, 0.05) is 7.05 Å². The molecule has 1 rings (SSSR count). The van der Waals surface area contributed by atoms with Gasteiger partial charge < -0.3 is 4.90 Å². The molecule has 0 bridgehead atoms. The van der Waals surface area contributed by atoms with E-state index in [0.29, 0.717) is 0 Å². The number of hydrogen-bond donors (Lipinski definition) is 0. The molecule has 0 N–H and O–H groups in total. The topological polar surface area (TPSA) is 15.6 Å². The zero-order valence-corrected chi connectivity index (χ0v) is 4.10. The van der Waals surface area contributed by atoms with Gasteiger partial charge in [0.25, 0.3) is 0 Å². The minimum atomic E-state index is 0.895. The molecule has 0 spiro atoms. The van der Waals surface area contributed by atoms with E-state index < -0.39 is 0 Å². The standard InChI is InChI=1S/C4H8N2/c1-4-5-3-6(4)2/h3H2,1-2H3. The van der Waals surface area contributed by atoms with Crippen LogP contribution in [-0.2, 0) is 0 Å². The van der Waals surface area contributed by atoms with E-state index in [0.717, 1.165) is 12.5 Å². The molecule has 1 aliphatic heterocycles. The Balaban J connectivity index is 2.51. The van der Waals surface area contributed by atoms with E-state index in [4.69, 9.17) is 0 Å². The lowest BCUT2D eigenvalue weighted by atomic mass is 10.5. The van der Waals surface area contributed by atoms with Gasteiger partial charge in [0.2, 0.25) is 0 Å². The van der Waals surface area contributed by atoms with Crippen LogP contribution < -0.4 is 0 Å². The van der Waals surface area contributed by atoms with Crippen molar-refractivity contribution in [1.82, 2.24) is 4.90 Å². The minimum Gasteiger partial charge on any atom is -0.344 e. The van der Waals surface area contributed by atoms with Crippen molar-refractivity contribution in [2.75, 3.05) is 13.7 Å². The first-order chi connectivity index (χ1) is 2.80. The highest BCUT2D eigenvalue weighted by molar-refractivity contribution is 5.82. The average molecular weight is 84.1 g/mol. The lowest BCUT2D eigenvalue weighted by Crippen LogP contribution is -2.33. The summed E-state index contributed by atoms with van der Waals surface area (Å²) < 4.78 is 0. The highest BCUT2D eigenvalue weighted by atomic mass is 15.3. The summed E-state index contributed by atoms with van der Waals surface area (Å²) in [6, 6.07) is 0. The van der Waals surface area contributed by atoms with E-state index in [1.54, 1.807) is 0 Å². The molecular formula is C4H8N2. The fraction of sp³-hybridized carbons (Fsp3) is 0.750. The summed E-state index contributed by atoms with van der Waals surface area (Å²) in [4.78, 5) is 6.09. The van der Waals surface area contributed by atoms with E-state index in [9.17, 15) is 0 Å². The Kier molecular flexibility index (Phi) is 0.587. The van der Waals surface area contributed by atoms with E-state index >= 15 is 0 Å². The second kappa shape index (κ2) is 0.965. The van der Waals surface area contributed by atoms with Crippen LogP contribution >= 0.6 is 0 Å². The van der Waals surface area contributed by atoms with Crippen molar-refractivity contribution in [3.63, 3.8) is 0 Å². The van der Waals surface area contributed by atoms with Crippen molar-refractivity contribution in [2.45, 2.75) is 6.92 Å². The van der Waals surface area contributed by atoms with Crippen LogP contribution in [-0.4, -0.2) is 24.5 Å². The van der Waals surface area contributed by atoms with Crippen LogP contribution in [0.3, 0.4) is 0 Å². The molecule has 0 atom stereocenters. The monoisotopic (exact) mass is 84.1 g/mol. The van der Waals surface area contributed by atoms with Gasteiger partial charge in [-0.15, -0.1) is 0 Å². The van der Waals surface area contributed by atoms with Crippen LogP contribution in [0.25, 0.3) is 0 Å². The van der Waals surface area contributed by atoms with Crippen molar-refractivity contribution in [2.24, 2.45) is 4.99 Å². The van der Waals surface area contributed by atoms with Crippen molar-refractivity contribution in [3.8, 4) is 0 Å². The third-order valence-electron chi connectivity index (χ3n) is 1.06. The summed E-state index contributed by atoms with van der Waals surface area (Å²) in [5.74, 6) is 1.15. The van der Waals surface area contributed by atoms with Crippen LogP contribution in [0.2, 0.25) is 0 Å². The number of rotatable bonds is 0. The minimum absolute atomic E-state index is 0.895. The van der Waals surface area contributed by atoms with E-state index in [-0.39, 0.29) is 0 Å². The Hall–Kier alpha value is -0.530. The molecule has 1 aliphatic rings. The molecule has 0 amide bonds. The molecule has 2 heteroatoms. The van der Waals surface area contributed by atoms with Crippen molar-refractivity contribution >= 4 is 5.84 Å². The Labute approximate surface area is 37.5 Å². The fourth-order valence-corrected chi connectivity index (χ4v) is 0.354. The molecule has 0 fully saturated rings. The highest BCUT2D eigenvalue weighted by Gasteiger charge is 2.05. The summed E-state index contributed by atoms with van der Waals surface area (Å²) in [7, 11) is 2.03. The smallest absolute Gasteiger partial charge is 0.112 e. The van der Waals surface area contributed by atoms with E-state index in [1.807, 2.05) is 14.0 Å². The molecule has 0 aromatic carbocycles. The van der Waals surface area contributed by atoms with Crippen LogP contribution in [0, 0.1) is 0 Å². The quantitative estimate of drug-likeness (QED) is 0.412. The maximum Gasteiger partial charge on any atom is 0.112 e. The molecule has 0 aromatic heterocycles. The SMILES string of the molecule is CC1=NCN1C. The van der Waals surface area contributed by atoms with Crippen molar-refractivity contribution < 1.29 is 0 Å². The zero-order chi connectivity index (χ0) is 4.57. The maximum absolute atomic E-state index is 3.99. The first kappa shape index (κ1) is 3.65. The van der Waals surface area contributed by atoms with Gasteiger partial charge in [0.1, 0.15) is 6.67 Å². The van der Waals surface area contributed by atoms with Gasteiger partial charge in [0.05, 0.1) is 5.84 Å². The normalized spacial score (nSPS) is 19.7. The Morgan fingerprint density at radius 2 is 2.33 bits per heavy atom. The number of amidine groups is 1. The summed E-state index contributed by atoms with van der Waals surface area (Å²) in [6.07, 6.45) is 0. The Morgan fingerprint density at radius 1 is 1.83 bits per heavy atom. The average Bonchev–Trinajstić information content (AvgIpc) is 1.61. The van der Waals surface area contributed by atoms with Gasteiger partial charge in [-0.1, -0.05) is 0 Å². The third-order valence-corrected chi connectivity index (χ3v) is 1.06. The lowest BCUT2D eigenvalue weighted by molar-refractivity contribution is 0.459. The van der Waals surface area contributed by atoms with Crippen LogP contribution in [0.1, 0.15) is 6.92 Å². The number of hydrogen-bond acceptors (Lipinski definition) is 2. The Bertz CT molecular complexity index is 85.5. The first-order valence-electron chi connectivity index (χ1n) is 2.03. The highest BCUT2D eigenvalue weighted by Crippen LogP contribution is 1.96. The van der Waals surface area contributed by atoms with Crippen LogP contribution in [0.4, 0.5) is 0 Å². The largest absolute Gasteiger partial charge is 0.344 e. The molecule has 2 nitrogen and oxygen atoms in total. The molecule has 1 heterocycles. The summed E-state index contributed by atoms with van der Waals surface area (Å²) >= 11 is 0. The predicted molar refractivity (Wildman–Crippen MR) is 25.7 cm³/mol. The van der Waals surface area contributed by atoms with Gasteiger partial charge in [0.15, 0.2) is 0 Å². The van der Waals surface area contributed by atoms with Gasteiger partial charge in [-0.2, -0.15) is 0 Å². The lowest BCUT2D eigenvalue weighted by Gasteiger charge is -2.24.